The van der Waals surface area contributed by atoms with Gasteiger partial charge >= 0.3 is 0 Å². The van der Waals surface area contributed by atoms with Gasteiger partial charge in [0.15, 0.2) is 5.82 Å². The van der Waals surface area contributed by atoms with Crippen LogP contribution in [0.5, 0.6) is 11.5 Å². The molecule has 3 heterocycles. The summed E-state index contributed by atoms with van der Waals surface area (Å²) in [5.74, 6) is 1.94. The van der Waals surface area contributed by atoms with Crippen molar-refractivity contribution in [3.63, 3.8) is 0 Å². The minimum atomic E-state index is -0.446. The summed E-state index contributed by atoms with van der Waals surface area (Å²) in [6, 6.07) is 17.8. The smallest absolute Gasteiger partial charge is 0.160 e. The zero-order chi connectivity index (χ0) is 21.0. The molecule has 156 valence electrons. The molecule has 0 saturated carbocycles. The van der Waals surface area contributed by atoms with Gasteiger partial charge in [-0.25, -0.2) is 19.3 Å². The van der Waals surface area contributed by atoms with Crippen LogP contribution in [0.3, 0.4) is 0 Å². The Morgan fingerprint density at radius 3 is 2.58 bits per heavy atom. The van der Waals surface area contributed by atoms with Crippen molar-refractivity contribution >= 4 is 28.4 Å². The molecule has 4 aromatic rings. The number of pyridine rings is 1. The lowest BCUT2D eigenvalue weighted by Crippen LogP contribution is -2.43. The SMILES string of the molecule is Fc1cc(Oc2ccccc2)ccc1Nc1ncnc2ccc(N3CCNCC3)nc12. The van der Waals surface area contributed by atoms with Gasteiger partial charge in [-0.2, -0.15) is 0 Å². The van der Waals surface area contributed by atoms with Crippen LogP contribution in [0.2, 0.25) is 0 Å². The predicted molar refractivity (Wildman–Crippen MR) is 119 cm³/mol. The first kappa shape index (κ1) is 19.2. The second-order valence-corrected chi connectivity index (χ2v) is 7.18. The van der Waals surface area contributed by atoms with E-state index in [9.17, 15) is 4.39 Å². The second-order valence-electron chi connectivity index (χ2n) is 7.18. The van der Waals surface area contributed by atoms with Crippen LogP contribution < -0.4 is 20.3 Å². The van der Waals surface area contributed by atoms with Gasteiger partial charge in [0.25, 0.3) is 0 Å². The highest BCUT2D eigenvalue weighted by Gasteiger charge is 2.15. The van der Waals surface area contributed by atoms with Crippen molar-refractivity contribution in [3.05, 3.63) is 72.8 Å². The Kier molecular flexibility index (Phi) is 5.28. The molecule has 1 saturated heterocycles. The van der Waals surface area contributed by atoms with Gasteiger partial charge in [-0.05, 0) is 36.4 Å². The van der Waals surface area contributed by atoms with Gasteiger partial charge in [-0.15, -0.1) is 0 Å². The molecule has 2 aromatic carbocycles. The number of halogens is 1. The van der Waals surface area contributed by atoms with E-state index in [1.807, 2.05) is 42.5 Å². The zero-order valence-electron chi connectivity index (χ0n) is 16.8. The fourth-order valence-electron chi connectivity index (χ4n) is 3.50. The minimum absolute atomic E-state index is 0.287. The molecule has 2 aromatic heterocycles. The third-order valence-corrected chi connectivity index (χ3v) is 5.08. The Morgan fingerprint density at radius 1 is 0.935 bits per heavy atom. The van der Waals surface area contributed by atoms with Crippen LogP contribution in [-0.2, 0) is 0 Å². The van der Waals surface area contributed by atoms with Gasteiger partial charge in [0.1, 0.15) is 35.0 Å². The fraction of sp³-hybridized carbons (Fsp3) is 0.174. The molecular formula is C23H21FN6O. The number of hydrogen-bond donors (Lipinski definition) is 2. The summed E-state index contributed by atoms with van der Waals surface area (Å²) < 4.78 is 20.5. The molecule has 0 spiro atoms. The lowest BCUT2D eigenvalue weighted by molar-refractivity contribution is 0.477. The third-order valence-electron chi connectivity index (χ3n) is 5.08. The van der Waals surface area contributed by atoms with E-state index >= 15 is 0 Å². The van der Waals surface area contributed by atoms with Crippen LogP contribution in [0, 0.1) is 5.82 Å². The Morgan fingerprint density at radius 2 is 1.77 bits per heavy atom. The van der Waals surface area contributed by atoms with E-state index in [-0.39, 0.29) is 5.69 Å². The first-order valence-electron chi connectivity index (χ1n) is 10.1. The van der Waals surface area contributed by atoms with E-state index in [0.29, 0.717) is 28.4 Å². The Balaban J connectivity index is 1.41. The quantitative estimate of drug-likeness (QED) is 0.507. The van der Waals surface area contributed by atoms with Gasteiger partial charge in [0, 0.05) is 32.2 Å². The second kappa shape index (κ2) is 8.53. The summed E-state index contributed by atoms with van der Waals surface area (Å²) in [6.45, 7) is 3.59. The number of ether oxygens (including phenoxy) is 1. The minimum Gasteiger partial charge on any atom is -0.457 e. The van der Waals surface area contributed by atoms with Crippen molar-refractivity contribution in [2.45, 2.75) is 0 Å². The average molecular weight is 416 g/mol. The van der Waals surface area contributed by atoms with Crippen molar-refractivity contribution in [1.82, 2.24) is 20.3 Å². The number of anilines is 3. The highest BCUT2D eigenvalue weighted by molar-refractivity contribution is 5.88. The number of hydrogen-bond acceptors (Lipinski definition) is 7. The maximum Gasteiger partial charge on any atom is 0.160 e. The van der Waals surface area contributed by atoms with Gasteiger partial charge in [0.05, 0.1) is 11.2 Å². The number of para-hydroxylation sites is 1. The molecule has 5 rings (SSSR count). The number of nitrogens with one attached hydrogen (secondary N) is 2. The fourth-order valence-corrected chi connectivity index (χ4v) is 3.50. The van der Waals surface area contributed by atoms with Crippen molar-refractivity contribution < 1.29 is 9.13 Å². The highest BCUT2D eigenvalue weighted by atomic mass is 19.1. The maximum atomic E-state index is 14.8. The molecule has 1 aliphatic rings. The topological polar surface area (TPSA) is 75.2 Å². The third kappa shape index (κ3) is 4.24. The molecule has 0 amide bonds. The first-order valence-corrected chi connectivity index (χ1v) is 10.1. The summed E-state index contributed by atoms with van der Waals surface area (Å²) in [5, 5.41) is 6.39. The van der Waals surface area contributed by atoms with E-state index in [1.54, 1.807) is 12.1 Å². The standard InChI is InChI=1S/C23H21FN6O/c24-18-14-17(31-16-4-2-1-3-5-16)6-7-19(18)28-23-22-20(26-15-27-23)8-9-21(29-22)30-12-10-25-11-13-30/h1-9,14-15,25H,10-13H2,(H,26,27,28). The van der Waals surface area contributed by atoms with E-state index in [1.165, 1.54) is 12.4 Å². The van der Waals surface area contributed by atoms with Crippen LogP contribution in [0.15, 0.2) is 67.0 Å². The molecule has 1 fully saturated rings. The van der Waals surface area contributed by atoms with E-state index in [4.69, 9.17) is 9.72 Å². The molecular weight excluding hydrogens is 395 g/mol. The summed E-state index contributed by atoms with van der Waals surface area (Å²) in [7, 11) is 0. The van der Waals surface area contributed by atoms with Crippen molar-refractivity contribution in [3.8, 4) is 11.5 Å². The van der Waals surface area contributed by atoms with Crippen LogP contribution in [0.25, 0.3) is 11.0 Å². The monoisotopic (exact) mass is 416 g/mol. The predicted octanol–water partition coefficient (Wildman–Crippen LogP) is 4.11. The van der Waals surface area contributed by atoms with Crippen molar-refractivity contribution in [2.24, 2.45) is 0 Å². The number of benzene rings is 2. The van der Waals surface area contributed by atoms with Gasteiger partial charge in [0.2, 0.25) is 0 Å². The van der Waals surface area contributed by atoms with Crippen LogP contribution >= 0.6 is 0 Å². The first-order chi connectivity index (χ1) is 15.3. The Labute approximate surface area is 178 Å². The summed E-state index contributed by atoms with van der Waals surface area (Å²) >= 11 is 0. The van der Waals surface area contributed by atoms with Gasteiger partial charge < -0.3 is 20.3 Å². The molecule has 0 unspecified atom stereocenters. The molecule has 0 atom stereocenters. The van der Waals surface area contributed by atoms with Crippen molar-refractivity contribution in [1.29, 1.82) is 0 Å². The summed E-state index contributed by atoms with van der Waals surface area (Å²) in [5.41, 5.74) is 1.58. The highest BCUT2D eigenvalue weighted by Crippen LogP contribution is 2.29. The molecule has 1 aliphatic heterocycles. The summed E-state index contributed by atoms with van der Waals surface area (Å²) in [6.07, 6.45) is 1.45. The summed E-state index contributed by atoms with van der Waals surface area (Å²) in [4.78, 5) is 15.6. The number of aromatic nitrogens is 3. The molecule has 0 radical (unpaired) electrons. The number of fused-ring (bicyclic) bond motifs is 1. The largest absolute Gasteiger partial charge is 0.457 e. The molecule has 0 aliphatic carbocycles. The molecule has 31 heavy (non-hydrogen) atoms. The lowest BCUT2D eigenvalue weighted by Gasteiger charge is -2.28. The Bertz CT molecular complexity index is 1200. The Hall–Kier alpha value is -3.78. The van der Waals surface area contributed by atoms with E-state index in [0.717, 1.165) is 32.0 Å². The molecule has 7 nitrogen and oxygen atoms in total. The number of nitrogens with zero attached hydrogens (tertiary/aromatic N) is 4. The van der Waals surface area contributed by atoms with Gasteiger partial charge in [-0.1, -0.05) is 18.2 Å². The number of rotatable bonds is 5. The normalized spacial score (nSPS) is 13.9. The molecule has 0 bridgehead atoms. The zero-order valence-corrected chi connectivity index (χ0v) is 16.8. The molecule has 2 N–H and O–H groups in total. The average Bonchev–Trinajstić information content (AvgIpc) is 2.82. The maximum absolute atomic E-state index is 14.8. The van der Waals surface area contributed by atoms with Crippen molar-refractivity contribution in [2.75, 3.05) is 36.4 Å². The van der Waals surface area contributed by atoms with Gasteiger partial charge in [-0.3, -0.25) is 0 Å². The van der Waals surface area contributed by atoms with Crippen LogP contribution in [0.4, 0.5) is 21.7 Å². The van der Waals surface area contributed by atoms with E-state index < -0.39 is 5.82 Å². The molecule has 8 heteroatoms. The van der Waals surface area contributed by atoms with Crippen LogP contribution in [0.1, 0.15) is 0 Å². The lowest BCUT2D eigenvalue weighted by atomic mass is 10.2. The van der Waals surface area contributed by atoms with E-state index in [2.05, 4.69) is 25.5 Å². The van der Waals surface area contributed by atoms with Crippen LogP contribution in [-0.4, -0.2) is 41.1 Å². The number of piperazine rings is 1.